The molecule has 0 aromatic heterocycles. The van der Waals surface area contributed by atoms with Crippen molar-refractivity contribution in [2.45, 2.75) is 43.6 Å². The van der Waals surface area contributed by atoms with Crippen molar-refractivity contribution in [1.82, 2.24) is 19.3 Å². The van der Waals surface area contributed by atoms with Crippen molar-refractivity contribution in [3.05, 3.63) is 0 Å². The lowest BCUT2D eigenvalue weighted by molar-refractivity contribution is -0.634. The van der Waals surface area contributed by atoms with Crippen molar-refractivity contribution in [3.8, 4) is 0 Å². The second-order valence-corrected chi connectivity index (χ2v) is 30.1. The summed E-state index contributed by atoms with van der Waals surface area (Å²) in [4.78, 5) is 6.02. The van der Waals surface area contributed by atoms with E-state index in [4.69, 9.17) is 68.0 Å². The van der Waals surface area contributed by atoms with E-state index in [9.17, 15) is 16.8 Å². The molecular weight excluding hydrogens is 786 g/mol. The molecule has 23 heteroatoms. The first-order valence-electron chi connectivity index (χ1n) is 12.9. The summed E-state index contributed by atoms with van der Waals surface area (Å²) in [5.74, 6) is 1.19. The average molecular weight is 847 g/mol. The zero-order valence-corrected chi connectivity index (χ0v) is 38.6. The van der Waals surface area contributed by atoms with Crippen molar-refractivity contribution >= 4 is 105 Å². The van der Waals surface area contributed by atoms with Crippen LogP contribution in [0.4, 0.5) is 0 Å². The molecule has 0 N–H and O–H groups in total. The quantitative estimate of drug-likeness (QED) is 0.0471. The Morgan fingerprint density at radius 3 is 0.826 bits per heavy atom. The van der Waals surface area contributed by atoms with Crippen LogP contribution in [-0.4, -0.2) is 174 Å². The van der Waals surface area contributed by atoms with Gasteiger partial charge in [-0.3, -0.25) is 23.9 Å². The average Bonchev–Trinajstić information content (AvgIpc) is 2.76. The van der Waals surface area contributed by atoms with E-state index in [0.29, 0.717) is 12.5 Å². The van der Waals surface area contributed by atoms with E-state index in [-0.39, 0.29) is 0 Å². The Morgan fingerprint density at radius 1 is 0.652 bits per heavy atom. The minimum absolute atomic E-state index is 0.681. The number of hydrogen-bond acceptors (Lipinski definition) is 9. The highest BCUT2D eigenvalue weighted by molar-refractivity contribution is 7.86. The molecule has 0 spiro atoms. The van der Waals surface area contributed by atoms with Gasteiger partial charge in [0.15, 0.2) is 4.30 Å². The number of hydrogen-bond donors (Lipinski definition) is 0. The molecule has 0 amide bonds. The fraction of sp³-hybridized carbons (Fsp3) is 0.913. The molecule has 0 aliphatic rings. The molecule has 286 valence electrons. The van der Waals surface area contributed by atoms with E-state index in [0.717, 1.165) is 5.29 Å². The molecule has 0 heterocycles. The molecule has 14 nitrogen and oxygen atoms in total. The summed E-state index contributed by atoms with van der Waals surface area (Å²) in [6.07, 6.45) is 1.36. The van der Waals surface area contributed by atoms with Gasteiger partial charge in [-0.2, -0.15) is 11.1 Å². The smallest absolute Gasteiger partial charge is 0.349 e. The van der Waals surface area contributed by atoms with Gasteiger partial charge >= 0.3 is 11.3 Å². The minimum atomic E-state index is -3.72. The maximum Gasteiger partial charge on any atom is 0.349 e. The van der Waals surface area contributed by atoms with Gasteiger partial charge in [-0.05, 0) is 14.1 Å². The zero-order valence-electron chi connectivity index (χ0n) is 31.2. The molecule has 0 bridgehead atoms. The van der Waals surface area contributed by atoms with Gasteiger partial charge in [-0.15, -0.1) is 0 Å². The molecular formula is C23H61Cl5N6O8S2Si2. The Morgan fingerprint density at radius 2 is 0.826 bits per heavy atom. The molecule has 0 radical (unpaired) electrons. The van der Waals surface area contributed by atoms with E-state index < -0.39 is 40.2 Å². The topological polar surface area (TPSA) is 152 Å². The van der Waals surface area contributed by atoms with E-state index in [1.807, 2.05) is 80.0 Å². The van der Waals surface area contributed by atoms with Crippen molar-refractivity contribution < 1.29 is 45.2 Å². The monoisotopic (exact) mass is 844 g/mol. The van der Waals surface area contributed by atoms with Crippen LogP contribution in [0.15, 0.2) is 0 Å². The van der Waals surface area contributed by atoms with Gasteiger partial charge in [0.05, 0.1) is 83.0 Å². The van der Waals surface area contributed by atoms with Gasteiger partial charge in [-0.1, -0.05) is 74.1 Å². The van der Waals surface area contributed by atoms with E-state index >= 15 is 0 Å². The van der Waals surface area contributed by atoms with Crippen molar-refractivity contribution in [3.63, 3.8) is 0 Å². The summed E-state index contributed by atoms with van der Waals surface area (Å²) in [5.41, 5.74) is 0. The lowest BCUT2D eigenvalue weighted by Gasteiger charge is -2.24. The summed E-state index contributed by atoms with van der Waals surface area (Å²) in [6, 6.07) is 0. The van der Waals surface area contributed by atoms with E-state index in [2.05, 4.69) is 81.0 Å². The Hall–Kier alpha value is 0.324. The molecule has 0 unspecified atom stereocenters. The van der Waals surface area contributed by atoms with Crippen LogP contribution >= 0.6 is 57.5 Å². The lowest BCUT2D eigenvalue weighted by Crippen LogP contribution is -2.40. The van der Waals surface area contributed by atoms with Crippen LogP contribution in [-0.2, 0) is 28.9 Å². The number of nitrogens with zero attached hydrogens (tertiary/aromatic N) is 6. The molecule has 0 saturated heterocycles. The fourth-order valence-corrected chi connectivity index (χ4v) is 1.60. The zero-order chi connectivity index (χ0) is 39.6. The number of guanidine groups is 1. The maximum absolute atomic E-state index is 9.47. The first-order chi connectivity index (χ1) is 19.8. The predicted molar refractivity (Wildman–Crippen MR) is 201 cm³/mol. The number of halogens is 5. The van der Waals surface area contributed by atoms with E-state index in [1.165, 1.54) is 5.96 Å². The Labute approximate surface area is 307 Å². The molecule has 0 aliphatic heterocycles. The highest BCUT2D eigenvalue weighted by atomic mass is 35.6. The Bertz CT molecular complexity index is 966. The fourth-order valence-electron chi connectivity index (χ4n) is 1.60. The van der Waals surface area contributed by atoms with Crippen LogP contribution in [0.1, 0.15) is 0 Å². The molecule has 0 rings (SSSR count). The van der Waals surface area contributed by atoms with Gasteiger partial charge in [0.1, 0.15) is 15.6 Å². The third-order valence-electron chi connectivity index (χ3n) is 3.53. The van der Waals surface area contributed by atoms with Crippen LogP contribution in [0.3, 0.4) is 0 Å². The number of amidine groups is 1. The van der Waals surface area contributed by atoms with Crippen LogP contribution in [0.25, 0.3) is 0 Å². The van der Waals surface area contributed by atoms with Crippen LogP contribution < -0.4 is 10.5 Å². The minimum Gasteiger partial charge on any atom is -0.707 e. The lowest BCUT2D eigenvalue weighted by atomic mass is 10.7. The number of rotatable bonds is 3. The highest BCUT2D eigenvalue weighted by Gasteiger charge is 2.14. The summed E-state index contributed by atoms with van der Waals surface area (Å²) in [5, 5.41) is 18.5. The molecule has 0 fully saturated rings. The summed E-state index contributed by atoms with van der Waals surface area (Å²) >= 11 is 25.8. The Balaban J connectivity index is -0.0000000785. The van der Waals surface area contributed by atoms with Gasteiger partial charge in [0, 0.05) is 11.6 Å². The molecule has 0 saturated carbocycles. The van der Waals surface area contributed by atoms with Crippen LogP contribution in [0.5, 0.6) is 0 Å². The van der Waals surface area contributed by atoms with Gasteiger partial charge in [-0.25, -0.2) is 16.8 Å². The standard InChI is InChI=1S/C7H18N3.C5H12ClN2.C5H15NSi.C3H9ClSi.CHCl3.2CH4O4S/c1-8(2)7(9(3)4)10(5)6;1-7(2)5(6)8(3)4;1-6(2)7(3,4)5;1-5(2,3)4;2-1(3)4;2*1-6(3,4)5-2/h1-6H3;1-4H3;1-5H3;1-3H3;1H;2*2H,1H3/q2*+1;;;;;/p-2. The molecule has 0 aromatic rings. The summed E-state index contributed by atoms with van der Waals surface area (Å²) in [7, 11) is 14.7. The first-order valence-corrected chi connectivity index (χ1v) is 26.2. The summed E-state index contributed by atoms with van der Waals surface area (Å²) in [6.45, 7) is 13.3. The molecule has 46 heavy (non-hydrogen) atoms. The second-order valence-electron chi connectivity index (χ2n) is 12.0. The number of alkyl halides is 3. The van der Waals surface area contributed by atoms with Gasteiger partial charge in [0.2, 0.25) is 0 Å². The predicted octanol–water partition coefficient (Wildman–Crippen LogP) is 2.06. The van der Waals surface area contributed by atoms with E-state index in [1.54, 1.807) is 0 Å². The second kappa shape index (κ2) is 31.3. The SMILES string of the molecule is CN(C)C(Cl)=[N+](C)C.CN(C)C(N(C)C)=[N+](C)C.CN(C)[Si](C)(C)C.CS(=O)(=O)O[O-].CS(=O)(=O)O[O-].C[Si](C)(C)Cl.ClC(Cl)Cl. The normalized spacial score (nSPS) is 10.5. The van der Waals surface area contributed by atoms with Crippen LogP contribution in [0.2, 0.25) is 39.3 Å². The molecule has 0 aromatic carbocycles. The maximum atomic E-state index is 9.47. The first kappa shape index (κ1) is 61.5. The largest absolute Gasteiger partial charge is 0.707 e. The van der Waals surface area contributed by atoms with Crippen molar-refractivity contribution in [2.24, 2.45) is 0 Å². The third kappa shape index (κ3) is 79.6. The third-order valence-corrected chi connectivity index (χ3v) is 7.38. The summed E-state index contributed by atoms with van der Waals surface area (Å²) < 4.78 is 48.7. The van der Waals surface area contributed by atoms with Gasteiger partial charge in [0.25, 0.3) is 20.2 Å². The highest BCUT2D eigenvalue weighted by Crippen LogP contribution is 2.04. The molecule has 0 aliphatic carbocycles. The van der Waals surface area contributed by atoms with Crippen molar-refractivity contribution in [1.29, 1.82) is 0 Å². The molecule has 0 atom stereocenters. The van der Waals surface area contributed by atoms with Crippen molar-refractivity contribution in [2.75, 3.05) is 97.1 Å². The van der Waals surface area contributed by atoms with Gasteiger partial charge < -0.3 is 23.7 Å². The Kier molecular flexibility index (Phi) is 41.9. The van der Waals surface area contributed by atoms with Crippen LogP contribution in [0, 0.1) is 0 Å².